The summed E-state index contributed by atoms with van der Waals surface area (Å²) in [7, 11) is -3.93. The molecule has 4 rings (SSSR count). The van der Waals surface area contributed by atoms with E-state index < -0.39 is 25.9 Å². The molecule has 0 aliphatic carbocycles. The summed E-state index contributed by atoms with van der Waals surface area (Å²) < 4.78 is 30.9. The number of nitrogens with zero attached hydrogens (tertiary/aromatic N) is 4. The van der Waals surface area contributed by atoms with Crippen LogP contribution in [0.25, 0.3) is 22.9 Å². The molecule has 11 nitrogen and oxygen atoms in total. The van der Waals surface area contributed by atoms with Crippen molar-refractivity contribution >= 4 is 15.5 Å². The Bertz CT molecular complexity index is 1230. The molecule has 0 amide bonds. The predicted molar refractivity (Wildman–Crippen MR) is 85.9 cm³/mol. The van der Waals surface area contributed by atoms with Gasteiger partial charge in [-0.15, -0.1) is 5.10 Å². The lowest BCUT2D eigenvalue weighted by Gasteiger charge is -2.19. The van der Waals surface area contributed by atoms with Crippen LogP contribution < -0.4 is 5.43 Å². The molecular formula is C14H9N5O6S. The maximum atomic E-state index is 12.7. The fraction of sp³-hybridized carbons (Fsp3) is 0.143. The van der Waals surface area contributed by atoms with Crippen LogP contribution in [0.2, 0.25) is 0 Å². The molecule has 26 heavy (non-hydrogen) atoms. The molecule has 0 fully saturated rings. The standard InChI is InChI=1S/C14H9N5O6S/c1-6-11(20)9-5-26(23,24)10-4-7(19(21)22)2-3-8(10)13(9)25-12(6)14-15-17-18-16-14/h2-4H,5H2,1H3,(H,15,16,17,18). The molecule has 132 valence electrons. The lowest BCUT2D eigenvalue weighted by Crippen LogP contribution is -2.23. The Kier molecular flexibility index (Phi) is 3.27. The van der Waals surface area contributed by atoms with Gasteiger partial charge in [-0.25, -0.2) is 13.5 Å². The highest BCUT2D eigenvalue weighted by Gasteiger charge is 2.35. The van der Waals surface area contributed by atoms with E-state index in [9.17, 15) is 23.3 Å². The van der Waals surface area contributed by atoms with Gasteiger partial charge in [0, 0.05) is 23.3 Å². The van der Waals surface area contributed by atoms with Crippen LogP contribution in [0.1, 0.15) is 11.1 Å². The zero-order valence-corrected chi connectivity index (χ0v) is 13.9. The van der Waals surface area contributed by atoms with Crippen molar-refractivity contribution in [3.8, 4) is 22.9 Å². The highest BCUT2D eigenvalue weighted by Crippen LogP contribution is 2.40. The molecular weight excluding hydrogens is 366 g/mol. The Morgan fingerprint density at radius 3 is 2.73 bits per heavy atom. The Balaban J connectivity index is 2.07. The smallest absolute Gasteiger partial charge is 0.270 e. The van der Waals surface area contributed by atoms with Gasteiger partial charge in [0.1, 0.15) is 5.76 Å². The monoisotopic (exact) mass is 375 g/mol. The number of rotatable bonds is 2. The number of sulfone groups is 1. The van der Waals surface area contributed by atoms with Gasteiger partial charge >= 0.3 is 0 Å². The van der Waals surface area contributed by atoms with Crippen LogP contribution in [-0.2, 0) is 15.6 Å². The van der Waals surface area contributed by atoms with Crippen LogP contribution in [0.3, 0.4) is 0 Å². The molecule has 1 aliphatic rings. The van der Waals surface area contributed by atoms with Gasteiger partial charge in [0.05, 0.1) is 21.1 Å². The van der Waals surface area contributed by atoms with Crippen molar-refractivity contribution in [1.29, 1.82) is 0 Å². The Hall–Kier alpha value is -3.41. The first kappa shape index (κ1) is 16.1. The number of tetrazole rings is 1. The average molecular weight is 375 g/mol. The number of aromatic amines is 1. The van der Waals surface area contributed by atoms with Gasteiger partial charge < -0.3 is 4.42 Å². The molecule has 2 aromatic heterocycles. The lowest BCUT2D eigenvalue weighted by molar-refractivity contribution is -0.385. The summed E-state index contributed by atoms with van der Waals surface area (Å²) in [6, 6.07) is 3.37. The van der Waals surface area contributed by atoms with Crippen LogP contribution in [0.4, 0.5) is 5.69 Å². The second-order valence-corrected chi connectivity index (χ2v) is 7.60. The van der Waals surface area contributed by atoms with Gasteiger partial charge in [-0.3, -0.25) is 14.9 Å². The molecule has 1 aliphatic heterocycles. The number of benzene rings is 1. The van der Waals surface area contributed by atoms with Crippen LogP contribution in [-0.4, -0.2) is 34.0 Å². The Morgan fingerprint density at radius 1 is 1.31 bits per heavy atom. The third-order valence-corrected chi connectivity index (χ3v) is 5.76. The molecule has 0 saturated carbocycles. The summed E-state index contributed by atoms with van der Waals surface area (Å²) in [5.41, 5.74) is -0.666. The maximum Gasteiger partial charge on any atom is 0.270 e. The number of aromatic nitrogens is 4. The zero-order valence-electron chi connectivity index (χ0n) is 13.1. The van der Waals surface area contributed by atoms with Crippen LogP contribution in [0.5, 0.6) is 0 Å². The molecule has 0 spiro atoms. The number of H-pyrrole nitrogens is 1. The van der Waals surface area contributed by atoms with Crippen molar-refractivity contribution in [2.75, 3.05) is 0 Å². The van der Waals surface area contributed by atoms with Crippen molar-refractivity contribution in [2.45, 2.75) is 17.6 Å². The molecule has 0 atom stereocenters. The van der Waals surface area contributed by atoms with Gasteiger partial charge in [-0.1, -0.05) is 0 Å². The van der Waals surface area contributed by atoms with Crippen LogP contribution >= 0.6 is 0 Å². The molecule has 0 unspecified atom stereocenters. The third kappa shape index (κ3) is 2.23. The molecule has 1 aromatic carbocycles. The fourth-order valence-corrected chi connectivity index (χ4v) is 4.43. The summed E-state index contributed by atoms with van der Waals surface area (Å²) >= 11 is 0. The quantitative estimate of drug-likeness (QED) is 0.508. The van der Waals surface area contributed by atoms with E-state index in [-0.39, 0.29) is 44.6 Å². The number of nitro groups is 1. The second kappa shape index (κ2) is 5.29. The number of fused-ring (bicyclic) bond motifs is 3. The van der Waals surface area contributed by atoms with E-state index in [1.807, 2.05) is 0 Å². The maximum absolute atomic E-state index is 12.7. The molecule has 0 bridgehead atoms. The largest absolute Gasteiger partial charge is 0.452 e. The summed E-state index contributed by atoms with van der Waals surface area (Å²) in [6.45, 7) is 1.47. The van der Waals surface area contributed by atoms with Gasteiger partial charge in [0.2, 0.25) is 5.82 Å². The SMILES string of the molecule is Cc1c(-c2nnn[nH]2)oc2c(c1=O)CS(=O)(=O)c1cc([N+](=O)[O-])ccc1-2. The normalized spacial score (nSPS) is 14.5. The van der Waals surface area contributed by atoms with Crippen molar-refractivity contribution in [3.63, 3.8) is 0 Å². The van der Waals surface area contributed by atoms with Gasteiger partial charge in [0.15, 0.2) is 21.0 Å². The number of hydrogen-bond acceptors (Lipinski definition) is 9. The summed E-state index contributed by atoms with van der Waals surface area (Å²) in [6.07, 6.45) is 0. The highest BCUT2D eigenvalue weighted by atomic mass is 32.2. The van der Waals surface area contributed by atoms with E-state index in [0.29, 0.717) is 0 Å². The average Bonchev–Trinajstić information content (AvgIpc) is 3.12. The topological polar surface area (TPSA) is 162 Å². The minimum Gasteiger partial charge on any atom is -0.452 e. The van der Waals surface area contributed by atoms with E-state index in [0.717, 1.165) is 12.1 Å². The van der Waals surface area contributed by atoms with E-state index >= 15 is 0 Å². The van der Waals surface area contributed by atoms with E-state index in [4.69, 9.17) is 4.42 Å². The summed E-state index contributed by atoms with van der Waals surface area (Å²) in [5, 5.41) is 24.0. The zero-order chi connectivity index (χ0) is 18.6. The summed E-state index contributed by atoms with van der Waals surface area (Å²) in [5.74, 6) is -0.386. The van der Waals surface area contributed by atoms with Crippen LogP contribution in [0, 0.1) is 17.0 Å². The van der Waals surface area contributed by atoms with E-state index in [2.05, 4.69) is 20.6 Å². The van der Waals surface area contributed by atoms with Gasteiger partial charge in [-0.2, -0.15) is 0 Å². The number of nitro benzene ring substituents is 1. The second-order valence-electron chi connectivity index (χ2n) is 5.64. The minimum atomic E-state index is -3.93. The Labute approximate surface area is 144 Å². The third-order valence-electron chi connectivity index (χ3n) is 4.08. The minimum absolute atomic E-state index is 0.0277. The first-order valence-corrected chi connectivity index (χ1v) is 8.87. The first-order chi connectivity index (χ1) is 12.3. The molecule has 3 heterocycles. The van der Waals surface area contributed by atoms with Crippen molar-refractivity contribution < 1.29 is 17.8 Å². The molecule has 12 heteroatoms. The molecule has 1 N–H and O–H groups in total. The van der Waals surface area contributed by atoms with Gasteiger partial charge in [-0.05, 0) is 23.4 Å². The van der Waals surface area contributed by atoms with E-state index in [1.165, 1.54) is 13.0 Å². The molecule has 0 radical (unpaired) electrons. The predicted octanol–water partition coefficient (Wildman–Crippen LogP) is 0.991. The number of hydrogen-bond donors (Lipinski definition) is 1. The van der Waals surface area contributed by atoms with Crippen molar-refractivity contribution in [1.82, 2.24) is 20.6 Å². The summed E-state index contributed by atoms with van der Waals surface area (Å²) in [4.78, 5) is 22.7. The van der Waals surface area contributed by atoms with Gasteiger partial charge in [0.25, 0.3) is 5.69 Å². The molecule has 0 saturated heterocycles. The fourth-order valence-electron chi connectivity index (χ4n) is 2.84. The Morgan fingerprint density at radius 2 is 2.08 bits per heavy atom. The first-order valence-electron chi connectivity index (χ1n) is 7.22. The number of non-ortho nitro benzene ring substituents is 1. The lowest BCUT2D eigenvalue weighted by atomic mass is 10.0. The molecule has 3 aromatic rings. The number of nitrogens with one attached hydrogen (secondary N) is 1. The highest BCUT2D eigenvalue weighted by molar-refractivity contribution is 7.90. The van der Waals surface area contributed by atoms with Crippen molar-refractivity contribution in [2.24, 2.45) is 0 Å². The van der Waals surface area contributed by atoms with Crippen LogP contribution in [0.15, 0.2) is 32.3 Å². The van der Waals surface area contributed by atoms with Crippen molar-refractivity contribution in [3.05, 3.63) is 49.7 Å². The van der Waals surface area contributed by atoms with E-state index in [1.54, 1.807) is 0 Å².